The molecule has 1 saturated heterocycles. The van der Waals surface area contributed by atoms with E-state index in [1.54, 1.807) is 23.9 Å². The molecule has 1 aromatic rings. The maximum absolute atomic E-state index is 13.2. The van der Waals surface area contributed by atoms with Crippen LogP contribution in [0.1, 0.15) is 25.8 Å². The summed E-state index contributed by atoms with van der Waals surface area (Å²) in [6.45, 7) is 6.08. The second-order valence-corrected chi connectivity index (χ2v) is 7.26. The minimum Gasteiger partial charge on any atom is -0.331 e. The number of hydrogen-bond donors (Lipinski definition) is 0. The van der Waals surface area contributed by atoms with Crippen molar-refractivity contribution in [3.8, 4) is 0 Å². The first-order valence-corrected chi connectivity index (χ1v) is 8.24. The number of carbonyl (C=O) groups is 2. The number of benzene rings is 1. The molecule has 1 aromatic carbocycles. The number of nitrogens with zero attached hydrogens (tertiary/aromatic N) is 3. The van der Waals surface area contributed by atoms with E-state index in [-0.39, 0.29) is 11.9 Å². The van der Waals surface area contributed by atoms with Gasteiger partial charge in [-0.05, 0) is 24.0 Å². The Kier molecular flexibility index (Phi) is 3.82. The predicted molar refractivity (Wildman–Crippen MR) is 90.6 cm³/mol. The Labute approximate surface area is 137 Å². The molecule has 124 valence electrons. The van der Waals surface area contributed by atoms with Gasteiger partial charge in [-0.15, -0.1) is 0 Å². The molecule has 5 nitrogen and oxygen atoms in total. The molecule has 0 saturated carbocycles. The lowest BCUT2D eigenvalue weighted by atomic mass is 9.81. The highest BCUT2D eigenvalue weighted by atomic mass is 16.2. The van der Waals surface area contributed by atoms with E-state index < -0.39 is 5.41 Å². The van der Waals surface area contributed by atoms with E-state index in [1.807, 2.05) is 23.1 Å². The smallest absolute Gasteiger partial charge is 0.319 e. The van der Waals surface area contributed by atoms with Gasteiger partial charge in [0.05, 0.1) is 5.41 Å². The molecule has 1 spiro atoms. The van der Waals surface area contributed by atoms with Crippen LogP contribution in [0.3, 0.4) is 0 Å². The van der Waals surface area contributed by atoms with Crippen molar-refractivity contribution in [3.05, 3.63) is 29.8 Å². The normalized spacial score (nSPS) is 23.1. The third-order valence-electron chi connectivity index (χ3n) is 4.84. The molecule has 0 aromatic heterocycles. The maximum Gasteiger partial charge on any atom is 0.319 e. The summed E-state index contributed by atoms with van der Waals surface area (Å²) in [6.07, 6.45) is 0.705. The van der Waals surface area contributed by atoms with E-state index in [4.69, 9.17) is 0 Å². The number of urea groups is 1. The first-order chi connectivity index (χ1) is 10.9. The predicted octanol–water partition coefficient (Wildman–Crippen LogP) is 2.31. The molecular weight excluding hydrogens is 290 g/mol. The number of hydrogen-bond acceptors (Lipinski definition) is 2. The van der Waals surface area contributed by atoms with Crippen molar-refractivity contribution in [1.29, 1.82) is 0 Å². The molecule has 5 heteroatoms. The Morgan fingerprint density at radius 1 is 1.30 bits per heavy atom. The summed E-state index contributed by atoms with van der Waals surface area (Å²) in [5.74, 6) is 0.560. The first-order valence-electron chi connectivity index (χ1n) is 8.24. The van der Waals surface area contributed by atoms with Crippen molar-refractivity contribution in [3.63, 3.8) is 0 Å². The van der Waals surface area contributed by atoms with Gasteiger partial charge in [0, 0.05) is 39.4 Å². The fraction of sp³-hybridized carbons (Fsp3) is 0.556. The Balaban J connectivity index is 1.97. The van der Waals surface area contributed by atoms with Gasteiger partial charge in [0.2, 0.25) is 5.91 Å². The van der Waals surface area contributed by atoms with Gasteiger partial charge in [0.15, 0.2) is 0 Å². The van der Waals surface area contributed by atoms with Crippen molar-refractivity contribution in [2.75, 3.05) is 38.6 Å². The molecule has 0 unspecified atom stereocenters. The van der Waals surface area contributed by atoms with Crippen LogP contribution >= 0.6 is 0 Å². The summed E-state index contributed by atoms with van der Waals surface area (Å²) in [5, 5.41) is 0. The summed E-state index contributed by atoms with van der Waals surface area (Å²) >= 11 is 0. The third-order valence-corrected chi connectivity index (χ3v) is 4.84. The molecule has 0 N–H and O–H groups in total. The molecule has 2 aliphatic rings. The molecule has 3 rings (SSSR count). The number of fused-ring (bicyclic) bond motifs is 2. The van der Waals surface area contributed by atoms with Gasteiger partial charge in [0.25, 0.3) is 0 Å². The quantitative estimate of drug-likeness (QED) is 0.840. The third kappa shape index (κ3) is 2.38. The highest BCUT2D eigenvalue weighted by molar-refractivity contribution is 6.09. The minimum atomic E-state index is -0.558. The molecule has 1 atom stereocenters. The van der Waals surface area contributed by atoms with Crippen LogP contribution in [-0.4, -0.2) is 55.5 Å². The fourth-order valence-corrected chi connectivity index (χ4v) is 3.79. The molecule has 0 bridgehead atoms. The first kappa shape index (κ1) is 15.8. The van der Waals surface area contributed by atoms with Crippen LogP contribution in [0.5, 0.6) is 0 Å². The Morgan fingerprint density at radius 2 is 2.00 bits per heavy atom. The Bertz CT molecular complexity index is 641. The van der Waals surface area contributed by atoms with Gasteiger partial charge in [-0.3, -0.25) is 4.79 Å². The number of anilines is 1. The standard InChI is InChI=1S/C18H25N3O2/c1-13(2)11-21-15-8-6-5-7-14(15)18(16(21)22)9-10-20(12-18)17(23)19(3)4/h5-8,13H,9-12H2,1-4H3/t18-/m1/s1. The Hall–Kier alpha value is -2.04. The van der Waals surface area contributed by atoms with Crippen LogP contribution in [0.25, 0.3) is 0 Å². The van der Waals surface area contributed by atoms with Crippen molar-refractivity contribution >= 4 is 17.6 Å². The zero-order valence-corrected chi connectivity index (χ0v) is 14.4. The van der Waals surface area contributed by atoms with Crippen molar-refractivity contribution in [1.82, 2.24) is 9.80 Å². The molecule has 1 fully saturated rings. The molecular formula is C18H25N3O2. The summed E-state index contributed by atoms with van der Waals surface area (Å²) in [4.78, 5) is 30.8. The van der Waals surface area contributed by atoms with Gasteiger partial charge in [0.1, 0.15) is 0 Å². The van der Waals surface area contributed by atoms with Crippen LogP contribution in [-0.2, 0) is 10.2 Å². The van der Waals surface area contributed by atoms with Crippen LogP contribution in [0.15, 0.2) is 24.3 Å². The van der Waals surface area contributed by atoms with E-state index in [0.717, 1.165) is 17.8 Å². The minimum absolute atomic E-state index is 0.0190. The van der Waals surface area contributed by atoms with Crippen molar-refractivity contribution < 1.29 is 9.59 Å². The molecule has 3 amide bonds. The van der Waals surface area contributed by atoms with E-state index in [2.05, 4.69) is 19.9 Å². The highest BCUT2D eigenvalue weighted by Gasteiger charge is 2.55. The van der Waals surface area contributed by atoms with Crippen LogP contribution in [0.2, 0.25) is 0 Å². The maximum atomic E-state index is 13.2. The Morgan fingerprint density at radius 3 is 2.65 bits per heavy atom. The SMILES string of the molecule is CC(C)CN1C(=O)[C@@]2(CCN(C(=O)N(C)C)C2)c2ccccc21. The van der Waals surface area contributed by atoms with Gasteiger partial charge in [-0.25, -0.2) is 4.79 Å². The second kappa shape index (κ2) is 5.55. The van der Waals surface area contributed by atoms with Crippen LogP contribution < -0.4 is 4.90 Å². The molecule has 23 heavy (non-hydrogen) atoms. The molecule has 2 aliphatic heterocycles. The van der Waals surface area contributed by atoms with E-state index in [0.29, 0.717) is 25.4 Å². The molecule has 0 radical (unpaired) electrons. The fourth-order valence-electron chi connectivity index (χ4n) is 3.79. The highest BCUT2D eigenvalue weighted by Crippen LogP contribution is 2.47. The van der Waals surface area contributed by atoms with Gasteiger partial charge < -0.3 is 14.7 Å². The van der Waals surface area contributed by atoms with Crippen molar-refractivity contribution in [2.45, 2.75) is 25.7 Å². The van der Waals surface area contributed by atoms with Gasteiger partial charge >= 0.3 is 6.03 Å². The lowest BCUT2D eigenvalue weighted by Crippen LogP contribution is -2.45. The number of para-hydroxylation sites is 1. The van der Waals surface area contributed by atoms with Crippen LogP contribution in [0.4, 0.5) is 10.5 Å². The van der Waals surface area contributed by atoms with Gasteiger partial charge in [-0.2, -0.15) is 0 Å². The molecule has 2 heterocycles. The molecule has 0 aliphatic carbocycles. The monoisotopic (exact) mass is 315 g/mol. The van der Waals surface area contributed by atoms with Crippen molar-refractivity contribution in [2.24, 2.45) is 5.92 Å². The topological polar surface area (TPSA) is 43.9 Å². The summed E-state index contributed by atoms with van der Waals surface area (Å²) in [7, 11) is 3.51. The number of likely N-dealkylation sites (tertiary alicyclic amines) is 1. The summed E-state index contributed by atoms with van der Waals surface area (Å²) in [6, 6.07) is 8.03. The van der Waals surface area contributed by atoms with E-state index in [9.17, 15) is 9.59 Å². The largest absolute Gasteiger partial charge is 0.331 e. The zero-order chi connectivity index (χ0) is 16.8. The van der Waals surface area contributed by atoms with E-state index in [1.165, 1.54) is 0 Å². The summed E-state index contributed by atoms with van der Waals surface area (Å²) < 4.78 is 0. The lowest BCUT2D eigenvalue weighted by molar-refractivity contribution is -0.122. The number of rotatable bonds is 2. The average molecular weight is 315 g/mol. The lowest BCUT2D eigenvalue weighted by Gasteiger charge is -2.26. The average Bonchev–Trinajstić information content (AvgIpc) is 3.04. The second-order valence-electron chi connectivity index (χ2n) is 7.26. The summed E-state index contributed by atoms with van der Waals surface area (Å²) in [5.41, 5.74) is 1.54. The zero-order valence-electron chi connectivity index (χ0n) is 14.4. The van der Waals surface area contributed by atoms with E-state index >= 15 is 0 Å². The number of amides is 3. The van der Waals surface area contributed by atoms with Gasteiger partial charge in [-0.1, -0.05) is 32.0 Å². The van der Waals surface area contributed by atoms with Crippen LogP contribution in [0, 0.1) is 5.92 Å². The number of carbonyl (C=O) groups excluding carboxylic acids is 2.